The standard InChI is InChI=1S/C10H16Cl3I/c11-7-3-1-5-9(13)10(14)6-2-4-8-12/h1-8H2. The SMILES string of the molecule is ClCCCCC(Cl)=C(I)CCCCCl. The second kappa shape index (κ2) is 10.8. The van der Waals surface area contributed by atoms with Gasteiger partial charge in [0, 0.05) is 20.4 Å². The van der Waals surface area contributed by atoms with E-state index in [4.69, 9.17) is 34.8 Å². The van der Waals surface area contributed by atoms with E-state index >= 15 is 0 Å². The van der Waals surface area contributed by atoms with E-state index in [-0.39, 0.29) is 0 Å². The van der Waals surface area contributed by atoms with Gasteiger partial charge in [-0.25, -0.2) is 0 Å². The molecule has 0 aliphatic carbocycles. The second-order valence-electron chi connectivity index (χ2n) is 3.10. The van der Waals surface area contributed by atoms with Crippen molar-refractivity contribution in [2.45, 2.75) is 38.5 Å². The minimum atomic E-state index is 0.729. The van der Waals surface area contributed by atoms with Crippen LogP contribution in [0.5, 0.6) is 0 Å². The lowest BCUT2D eigenvalue weighted by Crippen LogP contribution is -1.84. The van der Waals surface area contributed by atoms with Gasteiger partial charge in [0.05, 0.1) is 0 Å². The highest BCUT2D eigenvalue weighted by molar-refractivity contribution is 14.1. The maximum atomic E-state index is 6.14. The molecule has 14 heavy (non-hydrogen) atoms. The average Bonchev–Trinajstić information content (AvgIpc) is 2.18. The van der Waals surface area contributed by atoms with Crippen LogP contribution in [0.25, 0.3) is 0 Å². The van der Waals surface area contributed by atoms with Crippen LogP contribution in [-0.2, 0) is 0 Å². The summed E-state index contributed by atoms with van der Waals surface area (Å²) in [5.41, 5.74) is 0. The van der Waals surface area contributed by atoms with Gasteiger partial charge < -0.3 is 0 Å². The molecule has 0 saturated carbocycles. The van der Waals surface area contributed by atoms with Gasteiger partial charge in [0.25, 0.3) is 0 Å². The van der Waals surface area contributed by atoms with Crippen LogP contribution in [0.2, 0.25) is 0 Å². The Kier molecular flexibility index (Phi) is 11.9. The number of rotatable bonds is 8. The van der Waals surface area contributed by atoms with E-state index in [2.05, 4.69) is 22.6 Å². The highest BCUT2D eigenvalue weighted by atomic mass is 127. The molecule has 0 rings (SSSR count). The molecule has 4 heteroatoms. The zero-order valence-corrected chi connectivity index (χ0v) is 12.6. The topological polar surface area (TPSA) is 0 Å². The fourth-order valence-corrected chi connectivity index (χ4v) is 2.28. The van der Waals surface area contributed by atoms with Crippen LogP contribution < -0.4 is 0 Å². The van der Waals surface area contributed by atoms with Crippen LogP contribution in [0.4, 0.5) is 0 Å². The summed E-state index contributed by atoms with van der Waals surface area (Å²) in [7, 11) is 0. The van der Waals surface area contributed by atoms with Gasteiger partial charge in [-0.15, -0.1) is 23.2 Å². The van der Waals surface area contributed by atoms with E-state index < -0.39 is 0 Å². The van der Waals surface area contributed by atoms with Crippen LogP contribution in [0, 0.1) is 0 Å². The molecule has 0 radical (unpaired) electrons. The van der Waals surface area contributed by atoms with Gasteiger partial charge in [-0.3, -0.25) is 0 Å². The van der Waals surface area contributed by atoms with Crippen molar-refractivity contribution in [2.75, 3.05) is 11.8 Å². The number of unbranched alkanes of at least 4 members (excludes halogenated alkanes) is 2. The first-order valence-electron chi connectivity index (χ1n) is 4.87. The van der Waals surface area contributed by atoms with E-state index in [1.807, 2.05) is 0 Å². The molecule has 0 aromatic carbocycles. The number of allylic oxidation sites excluding steroid dienone is 2. The molecule has 0 saturated heterocycles. The van der Waals surface area contributed by atoms with E-state index in [0.717, 1.165) is 55.3 Å². The summed E-state index contributed by atoms with van der Waals surface area (Å²) in [5.74, 6) is 1.47. The fraction of sp³-hybridized carbons (Fsp3) is 0.800. The van der Waals surface area contributed by atoms with Crippen LogP contribution in [0.1, 0.15) is 38.5 Å². The Morgan fingerprint density at radius 3 is 1.86 bits per heavy atom. The molecular formula is C10H16Cl3I. The molecule has 0 aromatic rings. The summed E-state index contributed by atoms with van der Waals surface area (Å²) in [6.07, 6.45) is 6.36. The van der Waals surface area contributed by atoms with Gasteiger partial charge in [-0.2, -0.15) is 0 Å². The first-order chi connectivity index (χ1) is 6.72. The third-order valence-corrected chi connectivity index (χ3v) is 4.32. The van der Waals surface area contributed by atoms with Crippen LogP contribution >= 0.6 is 57.4 Å². The van der Waals surface area contributed by atoms with Crippen LogP contribution in [0.3, 0.4) is 0 Å². The van der Waals surface area contributed by atoms with Gasteiger partial charge in [-0.05, 0) is 61.1 Å². The lowest BCUT2D eigenvalue weighted by Gasteiger charge is -2.03. The molecule has 0 unspecified atom stereocenters. The van der Waals surface area contributed by atoms with Gasteiger partial charge in [0.15, 0.2) is 0 Å². The molecule has 0 amide bonds. The lowest BCUT2D eigenvalue weighted by atomic mass is 10.2. The number of alkyl halides is 2. The Bertz CT molecular complexity index is 151. The smallest absolute Gasteiger partial charge is 0.0273 e. The Morgan fingerprint density at radius 2 is 1.36 bits per heavy atom. The van der Waals surface area contributed by atoms with Gasteiger partial charge >= 0.3 is 0 Å². The summed E-state index contributed by atoms with van der Waals surface area (Å²) in [6.45, 7) is 0. The van der Waals surface area contributed by atoms with E-state index in [1.54, 1.807) is 0 Å². The first kappa shape index (κ1) is 15.3. The summed E-state index contributed by atoms with van der Waals surface area (Å²) in [5, 5.41) is 1.00. The van der Waals surface area contributed by atoms with Crippen LogP contribution in [0.15, 0.2) is 8.61 Å². The average molecular weight is 370 g/mol. The molecule has 0 aliphatic rings. The third kappa shape index (κ3) is 8.63. The van der Waals surface area contributed by atoms with Crippen molar-refractivity contribution in [2.24, 2.45) is 0 Å². The van der Waals surface area contributed by atoms with Crippen molar-refractivity contribution in [1.82, 2.24) is 0 Å². The molecule has 0 bridgehead atoms. The van der Waals surface area contributed by atoms with Crippen molar-refractivity contribution in [3.05, 3.63) is 8.61 Å². The highest BCUT2D eigenvalue weighted by Crippen LogP contribution is 2.26. The summed E-state index contributed by atoms with van der Waals surface area (Å²) in [6, 6.07) is 0. The number of hydrogen-bond donors (Lipinski definition) is 0. The van der Waals surface area contributed by atoms with E-state index in [0.29, 0.717) is 0 Å². The molecular weight excluding hydrogens is 353 g/mol. The zero-order valence-electron chi connectivity index (χ0n) is 8.17. The molecule has 0 fully saturated rings. The molecule has 84 valence electrons. The minimum Gasteiger partial charge on any atom is -0.127 e. The molecule has 0 aliphatic heterocycles. The van der Waals surface area contributed by atoms with Crippen molar-refractivity contribution in [3.8, 4) is 0 Å². The summed E-state index contributed by atoms with van der Waals surface area (Å²) in [4.78, 5) is 0. The Balaban J connectivity index is 3.66. The maximum absolute atomic E-state index is 6.14. The Morgan fingerprint density at radius 1 is 0.857 bits per heavy atom. The second-order valence-corrected chi connectivity index (χ2v) is 5.62. The normalized spacial score (nSPS) is 12.9. The predicted molar refractivity (Wildman–Crippen MR) is 76.0 cm³/mol. The first-order valence-corrected chi connectivity index (χ1v) is 7.40. The van der Waals surface area contributed by atoms with Crippen molar-refractivity contribution < 1.29 is 0 Å². The largest absolute Gasteiger partial charge is 0.127 e. The minimum absolute atomic E-state index is 0.729. The zero-order chi connectivity index (χ0) is 10.8. The van der Waals surface area contributed by atoms with E-state index in [1.165, 1.54) is 3.58 Å². The number of hydrogen-bond acceptors (Lipinski definition) is 0. The van der Waals surface area contributed by atoms with Crippen molar-refractivity contribution >= 4 is 57.4 Å². The van der Waals surface area contributed by atoms with Gasteiger partial charge in [0.1, 0.15) is 0 Å². The molecule has 0 nitrogen and oxygen atoms in total. The maximum Gasteiger partial charge on any atom is 0.0273 e. The molecule has 0 heterocycles. The van der Waals surface area contributed by atoms with Crippen molar-refractivity contribution in [3.63, 3.8) is 0 Å². The monoisotopic (exact) mass is 368 g/mol. The van der Waals surface area contributed by atoms with Crippen molar-refractivity contribution in [1.29, 1.82) is 0 Å². The Hall–Kier alpha value is 1.34. The molecule has 0 N–H and O–H groups in total. The van der Waals surface area contributed by atoms with Gasteiger partial charge in [-0.1, -0.05) is 11.6 Å². The third-order valence-electron chi connectivity index (χ3n) is 1.85. The molecule has 0 spiro atoms. The van der Waals surface area contributed by atoms with E-state index in [9.17, 15) is 0 Å². The molecule has 0 atom stereocenters. The fourth-order valence-electron chi connectivity index (χ4n) is 1.02. The number of halogens is 4. The Labute approximate surface area is 116 Å². The van der Waals surface area contributed by atoms with Gasteiger partial charge in [0.2, 0.25) is 0 Å². The lowest BCUT2D eigenvalue weighted by molar-refractivity contribution is 0.789. The highest BCUT2D eigenvalue weighted by Gasteiger charge is 2.01. The predicted octanol–water partition coefficient (Wildman–Crippen LogP) is 5.69. The molecule has 0 aromatic heterocycles. The summed E-state index contributed by atoms with van der Waals surface area (Å²) < 4.78 is 1.28. The summed E-state index contributed by atoms with van der Waals surface area (Å²) >= 11 is 19.7. The van der Waals surface area contributed by atoms with Crippen LogP contribution in [-0.4, -0.2) is 11.8 Å². The quantitative estimate of drug-likeness (QED) is 0.293.